The van der Waals surface area contributed by atoms with Crippen molar-refractivity contribution in [3.05, 3.63) is 64.5 Å². The normalized spacial score (nSPS) is 10.3. The van der Waals surface area contributed by atoms with Crippen LogP contribution in [-0.2, 0) is 9.53 Å². The van der Waals surface area contributed by atoms with Gasteiger partial charge in [-0.3, -0.25) is 4.79 Å². The first kappa shape index (κ1) is 18.6. The number of amides is 1. The van der Waals surface area contributed by atoms with Crippen molar-refractivity contribution in [3.63, 3.8) is 0 Å². The molecule has 0 atom stereocenters. The lowest BCUT2D eigenvalue weighted by Crippen LogP contribution is -2.21. The molecule has 0 aliphatic heterocycles. The van der Waals surface area contributed by atoms with Gasteiger partial charge in [-0.25, -0.2) is 9.78 Å². The Labute approximate surface area is 160 Å². The summed E-state index contributed by atoms with van der Waals surface area (Å²) in [6.45, 7) is 1.42. The summed E-state index contributed by atoms with van der Waals surface area (Å²) in [5, 5.41) is 3.42. The van der Waals surface area contributed by atoms with E-state index in [0.29, 0.717) is 22.0 Å². The summed E-state index contributed by atoms with van der Waals surface area (Å²) in [5.74, 6) is -0.494. The monoisotopic (exact) mass is 382 g/mol. The van der Waals surface area contributed by atoms with E-state index in [1.54, 1.807) is 24.3 Å². The number of esters is 1. The van der Waals surface area contributed by atoms with Crippen LogP contribution in [0.25, 0.3) is 11.3 Å². The summed E-state index contributed by atoms with van der Waals surface area (Å²) in [6, 6.07) is 16.4. The number of aromatic nitrogens is 1. The van der Waals surface area contributed by atoms with E-state index in [0.717, 1.165) is 10.6 Å². The van der Waals surface area contributed by atoms with E-state index in [1.165, 1.54) is 18.4 Å². The Morgan fingerprint density at radius 2 is 1.78 bits per heavy atom. The summed E-state index contributed by atoms with van der Waals surface area (Å²) >= 11 is 1.24. The largest absolute Gasteiger partial charge is 0.495 e. The maximum atomic E-state index is 12.5. The lowest BCUT2D eigenvalue weighted by Gasteiger charge is -2.10. The number of nitrogens with one attached hydrogen (secondary N) is 1. The van der Waals surface area contributed by atoms with E-state index >= 15 is 0 Å². The number of ether oxygens (including phenoxy) is 2. The molecule has 0 saturated carbocycles. The standard InChI is InChI=1S/C20H18N2O4S/c1-13-21-18(14-8-4-3-5-9-14)19(27-13)20(24)26-12-17(23)22-15-10-6-7-11-16(15)25-2/h3-11H,12H2,1-2H3,(H,22,23). The van der Waals surface area contributed by atoms with Crippen LogP contribution in [0.15, 0.2) is 54.6 Å². The molecule has 0 radical (unpaired) electrons. The molecule has 0 aliphatic carbocycles. The average molecular weight is 382 g/mol. The fraction of sp³-hybridized carbons (Fsp3) is 0.150. The summed E-state index contributed by atoms with van der Waals surface area (Å²) < 4.78 is 10.4. The zero-order valence-electron chi connectivity index (χ0n) is 14.9. The van der Waals surface area contributed by atoms with Crippen molar-refractivity contribution < 1.29 is 19.1 Å². The second kappa shape index (κ2) is 8.46. The first-order chi connectivity index (χ1) is 13.1. The zero-order valence-corrected chi connectivity index (χ0v) is 15.7. The number of carbonyl (C=O) groups excluding carboxylic acids is 2. The average Bonchev–Trinajstić information content (AvgIpc) is 3.09. The maximum absolute atomic E-state index is 12.5. The molecule has 1 N–H and O–H groups in total. The minimum Gasteiger partial charge on any atom is -0.495 e. The Hall–Kier alpha value is -3.19. The first-order valence-electron chi connectivity index (χ1n) is 8.21. The van der Waals surface area contributed by atoms with Crippen LogP contribution in [0.3, 0.4) is 0 Å². The lowest BCUT2D eigenvalue weighted by atomic mass is 10.1. The van der Waals surface area contributed by atoms with E-state index in [9.17, 15) is 9.59 Å². The van der Waals surface area contributed by atoms with Crippen molar-refractivity contribution in [1.29, 1.82) is 0 Å². The van der Waals surface area contributed by atoms with Gasteiger partial charge in [0.05, 0.1) is 23.5 Å². The number of methoxy groups -OCH3 is 1. The van der Waals surface area contributed by atoms with Gasteiger partial charge in [-0.05, 0) is 19.1 Å². The predicted octanol–water partition coefficient (Wildman–Crippen LogP) is 3.92. The molecule has 0 aliphatic rings. The number of carbonyl (C=O) groups is 2. The molecule has 2 aromatic carbocycles. The van der Waals surface area contributed by atoms with Crippen LogP contribution in [-0.4, -0.2) is 30.6 Å². The van der Waals surface area contributed by atoms with E-state index in [4.69, 9.17) is 9.47 Å². The van der Waals surface area contributed by atoms with Gasteiger partial charge in [-0.1, -0.05) is 42.5 Å². The summed E-state index contributed by atoms with van der Waals surface area (Å²) in [7, 11) is 1.52. The molecule has 1 aromatic heterocycles. The van der Waals surface area contributed by atoms with Crippen LogP contribution in [0.1, 0.15) is 14.7 Å². The molecule has 1 heterocycles. The van der Waals surface area contributed by atoms with Crippen molar-refractivity contribution in [1.82, 2.24) is 4.98 Å². The van der Waals surface area contributed by atoms with Gasteiger partial charge in [-0.2, -0.15) is 0 Å². The number of anilines is 1. The Bertz CT molecular complexity index is 954. The highest BCUT2D eigenvalue weighted by atomic mass is 32.1. The fourth-order valence-corrected chi connectivity index (χ4v) is 3.32. The van der Waals surface area contributed by atoms with E-state index in [2.05, 4.69) is 10.3 Å². The molecule has 0 fully saturated rings. The summed E-state index contributed by atoms with van der Waals surface area (Å²) in [6.07, 6.45) is 0. The van der Waals surface area contributed by atoms with Gasteiger partial charge in [0, 0.05) is 5.56 Å². The van der Waals surface area contributed by atoms with Gasteiger partial charge in [0.15, 0.2) is 6.61 Å². The second-order valence-corrected chi connectivity index (χ2v) is 6.80. The van der Waals surface area contributed by atoms with Gasteiger partial charge < -0.3 is 14.8 Å². The Morgan fingerprint density at radius 3 is 2.52 bits per heavy atom. The molecule has 138 valence electrons. The SMILES string of the molecule is COc1ccccc1NC(=O)COC(=O)c1sc(C)nc1-c1ccccc1. The minimum absolute atomic E-state index is 0.379. The second-order valence-electron chi connectivity index (χ2n) is 5.60. The van der Waals surface area contributed by atoms with E-state index < -0.39 is 18.5 Å². The fourth-order valence-electron chi connectivity index (χ4n) is 2.49. The van der Waals surface area contributed by atoms with Crippen LogP contribution in [0, 0.1) is 6.92 Å². The molecule has 0 saturated heterocycles. The van der Waals surface area contributed by atoms with Crippen molar-refractivity contribution in [3.8, 4) is 17.0 Å². The minimum atomic E-state index is -0.574. The molecular weight excluding hydrogens is 364 g/mol. The van der Waals surface area contributed by atoms with Crippen LogP contribution >= 0.6 is 11.3 Å². The number of aryl methyl sites for hydroxylation is 1. The Kier molecular flexibility index (Phi) is 5.83. The topological polar surface area (TPSA) is 77.5 Å². The third-order valence-electron chi connectivity index (χ3n) is 3.68. The van der Waals surface area contributed by atoms with Gasteiger partial charge in [-0.15, -0.1) is 11.3 Å². The number of thiazole rings is 1. The van der Waals surface area contributed by atoms with Crippen molar-refractivity contribution in [2.75, 3.05) is 19.0 Å². The van der Waals surface area contributed by atoms with E-state index in [1.807, 2.05) is 37.3 Å². The third-order valence-corrected chi connectivity index (χ3v) is 4.63. The van der Waals surface area contributed by atoms with E-state index in [-0.39, 0.29) is 0 Å². The van der Waals surface area contributed by atoms with Crippen molar-refractivity contribution in [2.45, 2.75) is 6.92 Å². The maximum Gasteiger partial charge on any atom is 0.351 e. The molecule has 0 spiro atoms. The van der Waals surface area contributed by atoms with Crippen LogP contribution < -0.4 is 10.1 Å². The Morgan fingerprint density at radius 1 is 1.07 bits per heavy atom. The third kappa shape index (κ3) is 4.51. The zero-order chi connectivity index (χ0) is 19.2. The molecule has 1 amide bonds. The van der Waals surface area contributed by atoms with Gasteiger partial charge in [0.2, 0.25) is 0 Å². The Balaban J connectivity index is 1.67. The number of benzene rings is 2. The lowest BCUT2D eigenvalue weighted by molar-refractivity contribution is -0.119. The summed E-state index contributed by atoms with van der Waals surface area (Å²) in [5.41, 5.74) is 1.90. The number of nitrogens with zero attached hydrogens (tertiary/aromatic N) is 1. The highest BCUT2D eigenvalue weighted by Crippen LogP contribution is 2.28. The quantitative estimate of drug-likeness (QED) is 0.654. The van der Waals surface area contributed by atoms with Gasteiger partial charge in [0.1, 0.15) is 10.6 Å². The molecular formula is C20H18N2O4S. The van der Waals surface area contributed by atoms with Gasteiger partial charge >= 0.3 is 5.97 Å². The van der Waals surface area contributed by atoms with Crippen molar-refractivity contribution >= 4 is 28.9 Å². The molecule has 27 heavy (non-hydrogen) atoms. The van der Waals surface area contributed by atoms with Crippen LogP contribution in [0.5, 0.6) is 5.75 Å². The molecule has 3 aromatic rings. The molecule has 0 bridgehead atoms. The van der Waals surface area contributed by atoms with Gasteiger partial charge in [0.25, 0.3) is 5.91 Å². The van der Waals surface area contributed by atoms with Crippen LogP contribution in [0.4, 0.5) is 5.69 Å². The number of rotatable bonds is 6. The molecule has 3 rings (SSSR count). The molecule has 6 nitrogen and oxygen atoms in total. The first-order valence-corrected chi connectivity index (χ1v) is 9.03. The highest BCUT2D eigenvalue weighted by Gasteiger charge is 2.20. The predicted molar refractivity (Wildman–Crippen MR) is 104 cm³/mol. The van der Waals surface area contributed by atoms with Crippen molar-refractivity contribution in [2.24, 2.45) is 0 Å². The number of para-hydroxylation sites is 2. The number of hydrogen-bond acceptors (Lipinski definition) is 6. The molecule has 7 heteroatoms. The van der Waals surface area contributed by atoms with Crippen LogP contribution in [0.2, 0.25) is 0 Å². The smallest absolute Gasteiger partial charge is 0.351 e. The highest BCUT2D eigenvalue weighted by molar-refractivity contribution is 7.14. The molecule has 0 unspecified atom stereocenters. The summed E-state index contributed by atoms with van der Waals surface area (Å²) in [4.78, 5) is 29.4. The number of hydrogen-bond donors (Lipinski definition) is 1.